The minimum Gasteiger partial charge on any atom is -0.481 e. The summed E-state index contributed by atoms with van der Waals surface area (Å²) in [6.07, 6.45) is -18.5. The normalized spacial score (nSPS) is 53.4. The number of allylic oxidation sites excluding steroid dienone is 1. The van der Waals surface area contributed by atoms with Gasteiger partial charge >= 0.3 is 11.9 Å². The van der Waals surface area contributed by atoms with Crippen LogP contribution in [-0.2, 0) is 38.0 Å². The van der Waals surface area contributed by atoms with E-state index in [4.69, 9.17) is 28.4 Å². The second-order valence-corrected chi connectivity index (χ2v) is 22.8. The van der Waals surface area contributed by atoms with E-state index in [1.54, 1.807) is 0 Å². The number of aliphatic hydroxyl groups excluding tert-OH is 11. The fraction of sp³-hybridized carbons (Fsp3) is 0.917. The average Bonchev–Trinajstić information content (AvgIpc) is 3.30. The SMILES string of the molecule is CC1CCC2(C(=O)OC3OC(CO)C(O)C(O)C3O)CCC3(C(=O)O)C(=CCC4C5(C)CCC(OC6OC(CO)C(O)C(O)C6OC6OC(CO)C(O)C(O)C6O)C(C)(C)C5CCC43C)C2C1C. The van der Waals surface area contributed by atoms with Crippen LogP contribution in [0.5, 0.6) is 0 Å². The van der Waals surface area contributed by atoms with E-state index in [0.29, 0.717) is 44.9 Å². The summed E-state index contributed by atoms with van der Waals surface area (Å²) in [4.78, 5) is 29.1. The topological polar surface area (TPSA) is 332 Å². The number of aliphatic carboxylic acids is 1. The van der Waals surface area contributed by atoms with Crippen molar-refractivity contribution in [1.82, 2.24) is 0 Å². The molecule has 25 unspecified atom stereocenters. The van der Waals surface area contributed by atoms with E-state index < -0.39 is 163 Å². The first-order valence-corrected chi connectivity index (χ1v) is 24.6. The van der Waals surface area contributed by atoms with Crippen LogP contribution in [0.25, 0.3) is 0 Å². The molecule has 0 spiro atoms. The maximum atomic E-state index is 14.7. The van der Waals surface area contributed by atoms with E-state index in [-0.39, 0.29) is 36.5 Å². The summed E-state index contributed by atoms with van der Waals surface area (Å²) in [5, 5.41) is 127. The van der Waals surface area contributed by atoms with Crippen LogP contribution in [0.3, 0.4) is 0 Å². The van der Waals surface area contributed by atoms with Gasteiger partial charge in [-0.25, -0.2) is 0 Å². The van der Waals surface area contributed by atoms with Gasteiger partial charge in [-0.1, -0.05) is 53.2 Å². The summed E-state index contributed by atoms with van der Waals surface area (Å²) in [6.45, 7) is 10.5. The molecule has 0 aromatic carbocycles. The Labute approximate surface area is 396 Å². The largest absolute Gasteiger partial charge is 0.481 e. The number of esters is 1. The van der Waals surface area contributed by atoms with Gasteiger partial charge in [-0.15, -0.1) is 0 Å². The van der Waals surface area contributed by atoms with E-state index in [9.17, 15) is 70.9 Å². The number of fused-ring (bicyclic) bond motifs is 7. The highest BCUT2D eigenvalue weighted by atomic mass is 16.8. The predicted molar refractivity (Wildman–Crippen MR) is 232 cm³/mol. The summed E-state index contributed by atoms with van der Waals surface area (Å²) in [5.41, 5.74) is -3.67. The van der Waals surface area contributed by atoms with Gasteiger partial charge in [0.05, 0.1) is 36.8 Å². The fourth-order valence-electron chi connectivity index (χ4n) is 15.4. The third-order valence-electron chi connectivity index (χ3n) is 19.5. The highest BCUT2D eigenvalue weighted by molar-refractivity contribution is 5.85. The number of aliphatic hydroxyl groups is 11. The second kappa shape index (κ2) is 18.8. The molecule has 25 atom stereocenters. The molecule has 4 saturated carbocycles. The third kappa shape index (κ3) is 7.76. The van der Waals surface area contributed by atoms with Gasteiger partial charge in [-0.3, -0.25) is 9.59 Å². The highest BCUT2D eigenvalue weighted by Gasteiger charge is 2.74. The van der Waals surface area contributed by atoms with Crippen molar-refractivity contribution in [2.75, 3.05) is 19.8 Å². The van der Waals surface area contributed by atoms with Crippen LogP contribution < -0.4 is 0 Å². The van der Waals surface area contributed by atoms with Crippen molar-refractivity contribution in [3.63, 3.8) is 0 Å². The van der Waals surface area contributed by atoms with Crippen molar-refractivity contribution in [3.8, 4) is 0 Å². The lowest BCUT2D eigenvalue weighted by molar-refractivity contribution is -0.378. The Morgan fingerprint density at radius 3 is 1.78 bits per heavy atom. The first-order valence-electron chi connectivity index (χ1n) is 24.6. The Morgan fingerprint density at radius 1 is 0.632 bits per heavy atom. The Kier molecular flexibility index (Phi) is 14.5. The molecule has 3 aliphatic heterocycles. The number of carboxylic acid groups (broad SMARTS) is 1. The Bertz CT molecular complexity index is 1880. The van der Waals surface area contributed by atoms with E-state index in [2.05, 4.69) is 47.6 Å². The van der Waals surface area contributed by atoms with Crippen LogP contribution >= 0.6 is 0 Å². The molecule has 20 nitrogen and oxygen atoms in total. The number of ether oxygens (including phenoxy) is 6. The first kappa shape index (κ1) is 52.4. The van der Waals surface area contributed by atoms with Crippen LogP contribution in [0, 0.1) is 56.7 Å². The molecule has 0 amide bonds. The molecule has 8 aliphatic rings. The molecule has 3 saturated heterocycles. The molecule has 68 heavy (non-hydrogen) atoms. The van der Waals surface area contributed by atoms with Crippen molar-refractivity contribution in [2.45, 2.75) is 198 Å². The van der Waals surface area contributed by atoms with Crippen molar-refractivity contribution in [1.29, 1.82) is 0 Å². The van der Waals surface area contributed by atoms with Crippen molar-refractivity contribution >= 4 is 11.9 Å². The van der Waals surface area contributed by atoms with Crippen LogP contribution in [-0.4, -0.2) is 191 Å². The maximum Gasteiger partial charge on any atom is 0.315 e. The minimum atomic E-state index is -1.83. The van der Waals surface area contributed by atoms with Gasteiger partial charge in [0.2, 0.25) is 6.29 Å². The molecule has 12 N–H and O–H groups in total. The Morgan fingerprint density at radius 2 is 1.19 bits per heavy atom. The van der Waals surface area contributed by atoms with Crippen molar-refractivity contribution in [2.24, 2.45) is 56.7 Å². The molecule has 3 heterocycles. The van der Waals surface area contributed by atoms with Crippen molar-refractivity contribution in [3.05, 3.63) is 11.6 Å². The van der Waals surface area contributed by atoms with Gasteiger partial charge < -0.3 is 89.7 Å². The number of carboxylic acids is 1. The fourth-order valence-corrected chi connectivity index (χ4v) is 15.4. The van der Waals surface area contributed by atoms with Gasteiger partial charge in [0, 0.05) is 0 Å². The number of hydrogen-bond acceptors (Lipinski definition) is 19. The lowest BCUT2D eigenvalue weighted by atomic mass is 9.33. The third-order valence-corrected chi connectivity index (χ3v) is 19.5. The summed E-state index contributed by atoms with van der Waals surface area (Å²) in [7, 11) is 0. The average molecular weight is 973 g/mol. The molecule has 8 rings (SSSR count). The minimum absolute atomic E-state index is 0.0463. The van der Waals surface area contributed by atoms with Gasteiger partial charge in [0.15, 0.2) is 12.6 Å². The molecule has 7 fully saturated rings. The number of carbonyl (C=O) groups excluding carboxylic acids is 1. The molecule has 5 aliphatic carbocycles. The number of rotatable bonds is 10. The summed E-state index contributed by atoms with van der Waals surface area (Å²) < 4.78 is 35.9. The zero-order valence-corrected chi connectivity index (χ0v) is 39.8. The lowest BCUT2D eigenvalue weighted by Crippen LogP contribution is -2.69. The Hall–Kier alpha value is -1.96. The zero-order chi connectivity index (χ0) is 49.8. The summed E-state index contributed by atoms with van der Waals surface area (Å²) >= 11 is 0. The van der Waals surface area contributed by atoms with E-state index >= 15 is 0 Å². The maximum absolute atomic E-state index is 14.7. The molecular formula is C48H76O20. The molecule has 388 valence electrons. The monoisotopic (exact) mass is 972 g/mol. The van der Waals surface area contributed by atoms with E-state index in [0.717, 1.165) is 5.57 Å². The number of hydrogen-bond donors (Lipinski definition) is 12. The van der Waals surface area contributed by atoms with Crippen LogP contribution in [0.15, 0.2) is 11.6 Å². The summed E-state index contributed by atoms with van der Waals surface area (Å²) in [6, 6.07) is 0. The molecule has 20 heteroatoms. The summed E-state index contributed by atoms with van der Waals surface area (Å²) in [5.74, 6) is -2.37. The van der Waals surface area contributed by atoms with Gasteiger partial charge in [0.25, 0.3) is 0 Å². The first-order chi connectivity index (χ1) is 31.9. The van der Waals surface area contributed by atoms with Gasteiger partial charge in [-0.05, 0) is 104 Å². The standard InChI is InChI=1S/C48H76O20/c1-20-9-14-47(43(62)68-40-37(59)34(56)31(53)24(18-50)64-40)15-16-48(42(60)61)22(29(47)21(20)2)7-8-27-45(5)12-11-28(44(3,4)26(45)10-13-46(27,48)6)66-41-38(35(57)32(54)25(19-51)65-41)67-39-36(58)33(55)30(52)23(17-49)63-39/h7,20-21,23-41,49-59H,8-19H2,1-6H3,(H,60,61). The van der Waals surface area contributed by atoms with Crippen LogP contribution in [0.4, 0.5) is 0 Å². The smallest absolute Gasteiger partial charge is 0.315 e. The lowest BCUT2D eigenvalue weighted by Gasteiger charge is -2.70. The van der Waals surface area contributed by atoms with Gasteiger partial charge in [-0.2, -0.15) is 0 Å². The Balaban J connectivity index is 1.08. The molecule has 0 aromatic rings. The van der Waals surface area contributed by atoms with Crippen LogP contribution in [0.1, 0.15) is 99.3 Å². The predicted octanol–water partition coefficient (Wildman–Crippen LogP) is -0.939. The van der Waals surface area contributed by atoms with E-state index in [1.807, 2.05) is 0 Å². The van der Waals surface area contributed by atoms with Crippen molar-refractivity contribution < 1.29 is 99.3 Å². The number of carbonyl (C=O) groups is 2. The molecule has 0 bridgehead atoms. The highest BCUT2D eigenvalue weighted by Crippen LogP contribution is 2.76. The quantitative estimate of drug-likeness (QED) is 0.0714. The second-order valence-electron chi connectivity index (χ2n) is 22.8. The van der Waals surface area contributed by atoms with E-state index in [1.165, 1.54) is 0 Å². The molecule has 0 radical (unpaired) electrons. The van der Waals surface area contributed by atoms with Gasteiger partial charge in [0.1, 0.15) is 73.2 Å². The molecular weight excluding hydrogens is 897 g/mol. The molecule has 0 aromatic heterocycles. The van der Waals surface area contributed by atoms with Crippen LogP contribution in [0.2, 0.25) is 0 Å². The zero-order valence-electron chi connectivity index (χ0n) is 39.8.